The molecule has 32 heavy (non-hydrogen) atoms. The van der Waals surface area contributed by atoms with Gasteiger partial charge in [-0.05, 0) is 62.2 Å². The van der Waals surface area contributed by atoms with E-state index in [0.29, 0.717) is 17.8 Å². The summed E-state index contributed by atoms with van der Waals surface area (Å²) in [5, 5.41) is 6.84. The van der Waals surface area contributed by atoms with Crippen molar-refractivity contribution >= 4 is 35.1 Å². The molecule has 0 saturated heterocycles. The summed E-state index contributed by atoms with van der Waals surface area (Å²) in [5.74, 6) is 0.646. The lowest BCUT2D eigenvalue weighted by molar-refractivity contribution is 0.0940. The highest BCUT2D eigenvalue weighted by Crippen LogP contribution is 2.36. The van der Waals surface area contributed by atoms with Crippen LogP contribution in [0.1, 0.15) is 40.1 Å². The fraction of sp³-hybridized carbons (Fsp3) is 0.240. The van der Waals surface area contributed by atoms with Gasteiger partial charge in [-0.1, -0.05) is 30.3 Å². The van der Waals surface area contributed by atoms with Crippen LogP contribution in [0.5, 0.6) is 0 Å². The number of thioether (sulfide) groups is 1. The second-order valence-corrected chi connectivity index (χ2v) is 8.93. The number of hydrogen-bond donors (Lipinski definition) is 2. The van der Waals surface area contributed by atoms with Gasteiger partial charge >= 0.3 is 6.03 Å². The van der Waals surface area contributed by atoms with Crippen LogP contribution in [-0.4, -0.2) is 29.2 Å². The fourth-order valence-electron chi connectivity index (χ4n) is 3.77. The van der Waals surface area contributed by atoms with Crippen molar-refractivity contribution < 1.29 is 9.59 Å². The third-order valence-electron chi connectivity index (χ3n) is 5.39. The number of anilines is 2. The number of rotatable bonds is 4. The Labute approximate surface area is 192 Å². The van der Waals surface area contributed by atoms with E-state index in [1.54, 1.807) is 40.9 Å². The standard InChI is InChI=1S/C25H26N4O2S/c1-16-15-17(2)26-24-22(16)29(13-14-32-24)25(31)28-21-11-9-20(10-12-21)23(30)27-18(3)19-7-5-4-6-8-19/h4-12,15,18H,13-14H2,1-3H3,(H,27,30)(H,28,31). The van der Waals surface area contributed by atoms with Crippen molar-refractivity contribution in [3.8, 4) is 0 Å². The smallest absolute Gasteiger partial charge is 0.326 e. The molecule has 1 atom stereocenters. The second-order valence-electron chi connectivity index (χ2n) is 7.85. The van der Waals surface area contributed by atoms with Gasteiger partial charge in [0, 0.05) is 29.2 Å². The monoisotopic (exact) mass is 446 g/mol. The minimum atomic E-state index is -0.199. The zero-order chi connectivity index (χ0) is 22.7. The van der Waals surface area contributed by atoms with Gasteiger partial charge in [-0.15, -0.1) is 11.8 Å². The van der Waals surface area contributed by atoms with Crippen LogP contribution in [0, 0.1) is 13.8 Å². The highest BCUT2D eigenvalue weighted by Gasteiger charge is 2.26. The van der Waals surface area contributed by atoms with E-state index >= 15 is 0 Å². The molecule has 1 aliphatic heterocycles. The van der Waals surface area contributed by atoms with Crippen LogP contribution in [0.25, 0.3) is 0 Å². The third kappa shape index (κ3) is 4.78. The highest BCUT2D eigenvalue weighted by molar-refractivity contribution is 7.99. The van der Waals surface area contributed by atoms with Crippen molar-refractivity contribution in [2.24, 2.45) is 0 Å². The maximum atomic E-state index is 13.0. The first-order chi connectivity index (χ1) is 15.4. The zero-order valence-electron chi connectivity index (χ0n) is 18.4. The van der Waals surface area contributed by atoms with Crippen molar-refractivity contribution in [1.82, 2.24) is 10.3 Å². The fourth-order valence-corrected chi connectivity index (χ4v) is 4.86. The van der Waals surface area contributed by atoms with Crippen LogP contribution in [-0.2, 0) is 0 Å². The molecule has 0 aliphatic carbocycles. The van der Waals surface area contributed by atoms with E-state index in [9.17, 15) is 9.59 Å². The number of fused-ring (bicyclic) bond motifs is 1. The lowest BCUT2D eigenvalue weighted by Gasteiger charge is -2.30. The Morgan fingerprint density at radius 1 is 1.06 bits per heavy atom. The average molecular weight is 447 g/mol. The molecular formula is C25H26N4O2S. The molecule has 1 aromatic heterocycles. The molecule has 3 aromatic rings. The molecule has 0 bridgehead atoms. The van der Waals surface area contributed by atoms with Crippen LogP contribution in [0.2, 0.25) is 0 Å². The van der Waals surface area contributed by atoms with Crippen molar-refractivity contribution in [2.75, 3.05) is 22.5 Å². The maximum absolute atomic E-state index is 13.0. The number of urea groups is 1. The minimum Gasteiger partial charge on any atom is -0.346 e. The molecule has 4 rings (SSSR count). The minimum absolute atomic E-state index is 0.0967. The molecule has 164 valence electrons. The van der Waals surface area contributed by atoms with Crippen molar-refractivity contribution in [3.63, 3.8) is 0 Å². The lowest BCUT2D eigenvalue weighted by Crippen LogP contribution is -2.39. The van der Waals surface area contributed by atoms with E-state index < -0.39 is 0 Å². The molecule has 1 unspecified atom stereocenters. The van der Waals surface area contributed by atoms with Gasteiger partial charge in [-0.25, -0.2) is 9.78 Å². The molecule has 2 heterocycles. The summed E-state index contributed by atoms with van der Waals surface area (Å²) >= 11 is 1.68. The number of aromatic nitrogens is 1. The van der Waals surface area contributed by atoms with E-state index in [1.165, 1.54) is 0 Å². The molecular weight excluding hydrogens is 420 g/mol. The van der Waals surface area contributed by atoms with Crippen LogP contribution in [0.4, 0.5) is 16.2 Å². The molecule has 2 N–H and O–H groups in total. The van der Waals surface area contributed by atoms with Gasteiger partial charge in [0.15, 0.2) is 0 Å². The molecule has 0 spiro atoms. The Morgan fingerprint density at radius 3 is 2.50 bits per heavy atom. The maximum Gasteiger partial charge on any atom is 0.326 e. The third-order valence-corrected chi connectivity index (χ3v) is 6.34. The summed E-state index contributed by atoms with van der Waals surface area (Å²) in [6.07, 6.45) is 0. The lowest BCUT2D eigenvalue weighted by atomic mass is 10.1. The van der Waals surface area contributed by atoms with Gasteiger partial charge in [-0.2, -0.15) is 0 Å². The Bertz CT molecular complexity index is 1130. The quantitative estimate of drug-likeness (QED) is 0.568. The number of pyridine rings is 1. The Hall–Kier alpha value is -3.32. The Kier molecular flexibility index (Phi) is 6.46. The number of nitrogens with one attached hydrogen (secondary N) is 2. The molecule has 1 aliphatic rings. The van der Waals surface area contributed by atoms with E-state index in [0.717, 1.165) is 33.3 Å². The predicted octanol–water partition coefficient (Wildman–Crippen LogP) is 5.33. The molecule has 0 radical (unpaired) electrons. The van der Waals surface area contributed by atoms with Crippen molar-refractivity contribution in [2.45, 2.75) is 31.8 Å². The zero-order valence-corrected chi connectivity index (χ0v) is 19.2. The molecule has 0 saturated carbocycles. The summed E-state index contributed by atoms with van der Waals surface area (Å²) in [7, 11) is 0. The predicted molar refractivity (Wildman–Crippen MR) is 130 cm³/mol. The normalized spacial score (nSPS) is 13.8. The van der Waals surface area contributed by atoms with Crippen LogP contribution >= 0.6 is 11.8 Å². The van der Waals surface area contributed by atoms with E-state index in [2.05, 4.69) is 15.6 Å². The van der Waals surface area contributed by atoms with Crippen molar-refractivity contribution in [1.29, 1.82) is 0 Å². The summed E-state index contributed by atoms with van der Waals surface area (Å²) in [6, 6.07) is 18.5. The molecule has 6 nitrogen and oxygen atoms in total. The topological polar surface area (TPSA) is 74.3 Å². The van der Waals surface area contributed by atoms with Gasteiger partial charge in [0.25, 0.3) is 5.91 Å². The summed E-state index contributed by atoms with van der Waals surface area (Å²) in [4.78, 5) is 31.9. The number of carbonyl (C=O) groups excluding carboxylic acids is 2. The summed E-state index contributed by atoms with van der Waals surface area (Å²) in [5.41, 5.74) is 5.09. The van der Waals surface area contributed by atoms with Crippen LogP contribution in [0.15, 0.2) is 65.7 Å². The summed E-state index contributed by atoms with van der Waals surface area (Å²) in [6.45, 7) is 6.54. The first kappa shape index (κ1) is 21.9. The number of aryl methyl sites for hydroxylation is 2. The molecule has 7 heteroatoms. The molecule has 3 amide bonds. The van der Waals surface area contributed by atoms with Gasteiger partial charge in [-0.3, -0.25) is 9.69 Å². The van der Waals surface area contributed by atoms with Gasteiger partial charge in [0.05, 0.1) is 11.7 Å². The Morgan fingerprint density at radius 2 is 1.78 bits per heavy atom. The number of nitrogens with zero attached hydrogens (tertiary/aromatic N) is 2. The van der Waals surface area contributed by atoms with Gasteiger partial charge < -0.3 is 10.6 Å². The first-order valence-corrected chi connectivity index (χ1v) is 11.6. The largest absolute Gasteiger partial charge is 0.346 e. The number of amides is 3. The molecule has 2 aromatic carbocycles. The second kappa shape index (κ2) is 9.44. The van der Waals surface area contributed by atoms with Crippen LogP contribution < -0.4 is 15.5 Å². The molecule has 0 fully saturated rings. The van der Waals surface area contributed by atoms with Gasteiger partial charge in [0.1, 0.15) is 5.03 Å². The van der Waals surface area contributed by atoms with E-state index in [4.69, 9.17) is 0 Å². The van der Waals surface area contributed by atoms with Gasteiger partial charge in [0.2, 0.25) is 0 Å². The Balaban J connectivity index is 1.42. The number of carbonyl (C=O) groups is 2. The highest BCUT2D eigenvalue weighted by atomic mass is 32.2. The average Bonchev–Trinajstić information content (AvgIpc) is 2.79. The number of benzene rings is 2. The first-order valence-electron chi connectivity index (χ1n) is 10.6. The summed E-state index contributed by atoms with van der Waals surface area (Å²) < 4.78 is 0. The van der Waals surface area contributed by atoms with Crippen LogP contribution in [0.3, 0.4) is 0 Å². The van der Waals surface area contributed by atoms with Crippen molar-refractivity contribution in [3.05, 3.63) is 83.0 Å². The SMILES string of the molecule is Cc1cc(C)c2c(n1)SCCN2C(=O)Nc1ccc(C(=O)NC(C)c2ccccc2)cc1. The van der Waals surface area contributed by atoms with E-state index in [-0.39, 0.29) is 18.0 Å². The number of hydrogen-bond acceptors (Lipinski definition) is 4. The van der Waals surface area contributed by atoms with E-state index in [1.807, 2.05) is 57.2 Å².